The maximum absolute atomic E-state index is 13.3. The van der Waals surface area contributed by atoms with Crippen LogP contribution in [-0.4, -0.2) is 5.71 Å². The molecule has 1 aromatic carbocycles. The van der Waals surface area contributed by atoms with Gasteiger partial charge in [-0.3, -0.25) is 0 Å². The summed E-state index contributed by atoms with van der Waals surface area (Å²) in [6.45, 7) is 11.0. The Hall–Kier alpha value is -1.64. The molecule has 0 bridgehead atoms. The number of hydrogen-bond acceptors (Lipinski definition) is 2. The molecule has 0 amide bonds. The van der Waals surface area contributed by atoms with E-state index in [1.54, 1.807) is 26.8 Å². The predicted octanol–water partition coefficient (Wildman–Crippen LogP) is 4.20. The number of halogens is 1. The van der Waals surface area contributed by atoms with Crippen molar-refractivity contribution >= 4 is 11.3 Å². The van der Waals surface area contributed by atoms with Gasteiger partial charge in [-0.15, -0.1) is 0 Å². The number of allylic oxidation sites excluding steroid dienone is 2. The Morgan fingerprint density at radius 1 is 1.11 bits per heavy atom. The third-order valence-electron chi connectivity index (χ3n) is 2.76. The molecule has 0 aliphatic rings. The smallest absolute Gasteiger partial charge is 0.126 e. The second-order valence-electron chi connectivity index (χ2n) is 4.03. The maximum Gasteiger partial charge on any atom is 0.126 e. The van der Waals surface area contributed by atoms with Crippen LogP contribution in [0.2, 0.25) is 0 Å². The molecule has 0 aliphatic heterocycles. The summed E-state index contributed by atoms with van der Waals surface area (Å²) in [7, 11) is 0. The molecule has 1 rings (SSSR count). The van der Waals surface area contributed by atoms with E-state index in [4.69, 9.17) is 11.1 Å². The molecule has 0 aliphatic carbocycles. The van der Waals surface area contributed by atoms with Crippen LogP contribution in [0.4, 0.5) is 4.39 Å². The highest BCUT2D eigenvalue weighted by Gasteiger charge is 2.13. The molecule has 100 valence electrons. The molecular formula is C15H23FN2. The minimum absolute atomic E-state index is 0.224. The molecule has 0 atom stereocenters. The van der Waals surface area contributed by atoms with Crippen LogP contribution in [-0.2, 0) is 0 Å². The van der Waals surface area contributed by atoms with Crippen molar-refractivity contribution in [3.63, 3.8) is 0 Å². The van der Waals surface area contributed by atoms with E-state index in [-0.39, 0.29) is 5.82 Å². The van der Waals surface area contributed by atoms with Gasteiger partial charge < -0.3 is 11.1 Å². The average molecular weight is 250 g/mol. The largest absolute Gasteiger partial charge is 0.402 e. The summed E-state index contributed by atoms with van der Waals surface area (Å²) in [5.41, 5.74) is 9.74. The molecule has 0 aromatic heterocycles. The van der Waals surface area contributed by atoms with E-state index in [9.17, 15) is 4.39 Å². The number of nitrogens with two attached hydrogens (primary N) is 1. The first-order valence-electron chi connectivity index (χ1n) is 6.14. The molecule has 18 heavy (non-hydrogen) atoms. The van der Waals surface area contributed by atoms with Gasteiger partial charge in [0.1, 0.15) is 5.82 Å². The predicted molar refractivity (Wildman–Crippen MR) is 77.4 cm³/mol. The van der Waals surface area contributed by atoms with Crippen molar-refractivity contribution < 1.29 is 4.39 Å². The summed E-state index contributed by atoms with van der Waals surface area (Å²) in [5, 5.41) is 7.71. The molecule has 0 saturated carbocycles. The molecular weight excluding hydrogens is 227 g/mol. The Morgan fingerprint density at radius 3 is 2.00 bits per heavy atom. The number of hydrogen-bond donors (Lipinski definition) is 2. The van der Waals surface area contributed by atoms with Crippen molar-refractivity contribution in [3.8, 4) is 0 Å². The number of nitrogens with one attached hydrogen (secondary N) is 1. The van der Waals surface area contributed by atoms with Crippen LogP contribution in [0.5, 0.6) is 0 Å². The van der Waals surface area contributed by atoms with Crippen LogP contribution < -0.4 is 5.73 Å². The van der Waals surface area contributed by atoms with Crippen LogP contribution in [0.1, 0.15) is 44.4 Å². The maximum atomic E-state index is 13.3. The summed E-state index contributed by atoms with van der Waals surface area (Å²) in [5.74, 6) is -0.224. The Labute approximate surface area is 109 Å². The zero-order valence-electron chi connectivity index (χ0n) is 12.1. The first-order valence-corrected chi connectivity index (χ1v) is 6.14. The van der Waals surface area contributed by atoms with Crippen molar-refractivity contribution in [1.82, 2.24) is 0 Å². The minimum Gasteiger partial charge on any atom is -0.402 e. The van der Waals surface area contributed by atoms with Gasteiger partial charge in [0, 0.05) is 17.0 Å². The molecule has 0 heterocycles. The summed E-state index contributed by atoms with van der Waals surface area (Å²) in [4.78, 5) is 0. The van der Waals surface area contributed by atoms with E-state index in [0.29, 0.717) is 22.5 Å². The Morgan fingerprint density at radius 2 is 1.61 bits per heavy atom. The van der Waals surface area contributed by atoms with Crippen molar-refractivity contribution in [3.05, 3.63) is 40.3 Å². The Bertz CT molecular complexity index is 470. The Balaban J connectivity index is 0.00000137. The average Bonchev–Trinajstić information content (AvgIpc) is 2.31. The lowest BCUT2D eigenvalue weighted by Crippen LogP contribution is -2.07. The van der Waals surface area contributed by atoms with E-state index in [2.05, 4.69) is 0 Å². The Kier molecular flexibility index (Phi) is 6.31. The lowest BCUT2D eigenvalue weighted by Gasteiger charge is -2.14. The molecule has 0 saturated heterocycles. The van der Waals surface area contributed by atoms with Crippen molar-refractivity contribution in [2.45, 2.75) is 41.5 Å². The topological polar surface area (TPSA) is 49.9 Å². The van der Waals surface area contributed by atoms with E-state index in [0.717, 1.165) is 11.1 Å². The number of benzene rings is 1. The van der Waals surface area contributed by atoms with E-state index in [1.165, 1.54) is 6.07 Å². The van der Waals surface area contributed by atoms with Crippen LogP contribution in [0.25, 0.3) is 5.57 Å². The van der Waals surface area contributed by atoms with Crippen LogP contribution in [0, 0.1) is 25.1 Å². The fourth-order valence-corrected chi connectivity index (χ4v) is 1.77. The fourth-order valence-electron chi connectivity index (χ4n) is 1.77. The van der Waals surface area contributed by atoms with Gasteiger partial charge >= 0.3 is 0 Å². The first-order chi connectivity index (χ1) is 8.36. The quantitative estimate of drug-likeness (QED) is 0.759. The molecule has 2 nitrogen and oxygen atoms in total. The zero-order chi connectivity index (χ0) is 14.5. The van der Waals surface area contributed by atoms with Crippen LogP contribution in [0.3, 0.4) is 0 Å². The van der Waals surface area contributed by atoms with E-state index < -0.39 is 0 Å². The molecule has 0 fully saturated rings. The van der Waals surface area contributed by atoms with Crippen molar-refractivity contribution in [2.24, 2.45) is 5.73 Å². The van der Waals surface area contributed by atoms with Gasteiger partial charge in [0.15, 0.2) is 0 Å². The van der Waals surface area contributed by atoms with Crippen molar-refractivity contribution in [2.75, 3.05) is 0 Å². The van der Waals surface area contributed by atoms with Crippen LogP contribution >= 0.6 is 0 Å². The standard InChI is InChI=1S/C13H17FN2.C2H6/c1-7-8(2)12(14)6-5-11(7)13(9(3)15)10(4)16;1-2/h5-6,15H,16H2,1-4H3;1-2H3/b13-10+,15-9?;. The van der Waals surface area contributed by atoms with Gasteiger partial charge in [-0.05, 0) is 50.5 Å². The van der Waals surface area contributed by atoms with Gasteiger partial charge in [-0.2, -0.15) is 0 Å². The number of rotatable bonds is 2. The molecule has 0 radical (unpaired) electrons. The zero-order valence-corrected chi connectivity index (χ0v) is 12.1. The molecule has 3 N–H and O–H groups in total. The highest BCUT2D eigenvalue weighted by Crippen LogP contribution is 2.25. The second kappa shape index (κ2) is 6.94. The lowest BCUT2D eigenvalue weighted by molar-refractivity contribution is 0.616. The molecule has 0 unspecified atom stereocenters. The van der Waals surface area contributed by atoms with Gasteiger partial charge in [0.25, 0.3) is 0 Å². The normalized spacial score (nSPS) is 11.3. The highest BCUT2D eigenvalue weighted by molar-refractivity contribution is 6.22. The fraction of sp³-hybridized carbons (Fsp3) is 0.400. The summed E-state index contributed by atoms with van der Waals surface area (Å²) in [6, 6.07) is 3.10. The SMILES string of the molecule is CC.CC(=N)/C(=C(/C)N)c1ccc(F)c(C)c1C. The van der Waals surface area contributed by atoms with Crippen LogP contribution in [0.15, 0.2) is 17.8 Å². The van der Waals surface area contributed by atoms with Gasteiger partial charge in [0.05, 0.1) is 0 Å². The molecule has 0 spiro atoms. The van der Waals surface area contributed by atoms with E-state index >= 15 is 0 Å². The molecule has 3 heteroatoms. The van der Waals surface area contributed by atoms with E-state index in [1.807, 2.05) is 20.8 Å². The summed E-state index contributed by atoms with van der Waals surface area (Å²) in [6.07, 6.45) is 0. The monoisotopic (exact) mass is 250 g/mol. The third-order valence-corrected chi connectivity index (χ3v) is 2.76. The van der Waals surface area contributed by atoms with Gasteiger partial charge in [-0.25, -0.2) is 4.39 Å². The lowest BCUT2D eigenvalue weighted by atomic mass is 9.93. The van der Waals surface area contributed by atoms with Gasteiger partial charge in [-0.1, -0.05) is 19.9 Å². The first kappa shape index (κ1) is 16.4. The third kappa shape index (κ3) is 3.42. The van der Waals surface area contributed by atoms with Gasteiger partial charge in [0.2, 0.25) is 0 Å². The van der Waals surface area contributed by atoms with Crippen molar-refractivity contribution in [1.29, 1.82) is 5.41 Å². The summed E-state index contributed by atoms with van der Waals surface area (Å²) >= 11 is 0. The molecule has 1 aromatic rings. The minimum atomic E-state index is -0.224. The second-order valence-corrected chi connectivity index (χ2v) is 4.03. The highest BCUT2D eigenvalue weighted by atomic mass is 19.1. The summed E-state index contributed by atoms with van der Waals surface area (Å²) < 4.78 is 13.3.